The summed E-state index contributed by atoms with van der Waals surface area (Å²) >= 11 is 3.14. The van der Waals surface area contributed by atoms with Crippen molar-refractivity contribution in [3.63, 3.8) is 0 Å². The van der Waals surface area contributed by atoms with Crippen LogP contribution in [-0.2, 0) is 6.54 Å². The first kappa shape index (κ1) is 10.6. The molecule has 2 rings (SSSR count). The van der Waals surface area contributed by atoms with Crippen LogP contribution in [0.4, 0.5) is 0 Å². The summed E-state index contributed by atoms with van der Waals surface area (Å²) in [5.74, 6) is 0.566. The van der Waals surface area contributed by atoms with Crippen molar-refractivity contribution in [1.29, 1.82) is 0 Å². The fourth-order valence-corrected chi connectivity index (χ4v) is 1.50. The highest BCUT2D eigenvalue weighted by Crippen LogP contribution is 2.10. The van der Waals surface area contributed by atoms with Crippen LogP contribution in [0.15, 0.2) is 32.7 Å². The van der Waals surface area contributed by atoms with E-state index in [0.717, 1.165) is 0 Å². The molecule has 2 aromatic rings. The van der Waals surface area contributed by atoms with Crippen LogP contribution in [0.25, 0.3) is 0 Å². The second kappa shape index (κ2) is 4.31. The molecule has 0 unspecified atom stereocenters. The number of nitrogens with zero attached hydrogens (tertiary/aromatic N) is 4. The molecule has 0 radical (unpaired) electrons. The molecule has 8 nitrogen and oxygen atoms in total. The Hall–Kier alpha value is -1.90. The third-order valence-electron chi connectivity index (χ3n) is 1.77. The molecule has 0 amide bonds. The molecular weight excluding hydrogens is 282 g/mol. The van der Waals surface area contributed by atoms with Gasteiger partial charge in [0.05, 0.1) is 6.54 Å². The largest absolute Gasteiger partial charge is 0.358 e. The smallest absolute Gasteiger partial charge is 0.279 e. The van der Waals surface area contributed by atoms with E-state index in [-0.39, 0.29) is 5.62 Å². The molecule has 0 aliphatic heterocycles. The van der Waals surface area contributed by atoms with E-state index in [9.17, 15) is 10.1 Å². The van der Waals surface area contributed by atoms with Crippen molar-refractivity contribution in [1.82, 2.24) is 14.7 Å². The Morgan fingerprint density at radius 1 is 1.75 bits per heavy atom. The zero-order valence-corrected chi connectivity index (χ0v) is 9.42. The average Bonchev–Trinajstić information content (AvgIpc) is 2.77. The minimum Gasteiger partial charge on any atom is -0.358 e. The maximum atomic E-state index is 10.2. The highest BCUT2D eigenvalue weighted by atomic mass is 79.9. The van der Waals surface area contributed by atoms with E-state index in [1.807, 2.05) is 0 Å². The van der Waals surface area contributed by atoms with Crippen molar-refractivity contribution in [3.8, 4) is 0 Å². The minimum absolute atomic E-state index is 0.137. The van der Waals surface area contributed by atoms with E-state index in [2.05, 4.69) is 31.2 Å². The summed E-state index contributed by atoms with van der Waals surface area (Å²) in [6, 6.07) is 1.68. The Morgan fingerprint density at radius 3 is 3.19 bits per heavy atom. The number of rotatable bonds is 3. The Labute approximate surface area is 96.8 Å². The maximum absolute atomic E-state index is 10.2. The molecule has 0 atom stereocenters. The van der Waals surface area contributed by atoms with Gasteiger partial charge in [0.2, 0.25) is 0 Å². The summed E-state index contributed by atoms with van der Waals surface area (Å²) in [4.78, 5) is 12.9. The molecule has 9 heteroatoms. The van der Waals surface area contributed by atoms with Crippen molar-refractivity contribution in [2.75, 3.05) is 0 Å². The fraction of sp³-hybridized carbons (Fsp3) is 0.143. The number of hydrogen-bond donors (Lipinski definition) is 1. The van der Waals surface area contributed by atoms with Crippen LogP contribution in [0, 0.1) is 10.1 Å². The van der Waals surface area contributed by atoms with Gasteiger partial charge in [-0.25, -0.2) is 10.1 Å². The fourth-order valence-electron chi connectivity index (χ4n) is 1.18. The summed E-state index contributed by atoms with van der Waals surface area (Å²) in [6.07, 6.45) is 3.17. The first-order valence-electron chi connectivity index (χ1n) is 4.19. The molecule has 84 valence electrons. The van der Waals surface area contributed by atoms with Crippen LogP contribution in [-0.4, -0.2) is 19.7 Å². The van der Waals surface area contributed by atoms with Crippen molar-refractivity contribution < 1.29 is 9.56 Å². The lowest BCUT2D eigenvalue weighted by Gasteiger charge is -1.95. The number of aromatic nitrogens is 3. The number of aromatic amines is 1. The molecule has 16 heavy (non-hydrogen) atoms. The standard InChI is InChI=1S/C7H6BrN5O3/c8-6-3-5(16-11-6)4-12-2-1-9-7(12)10-13(14)15/h1-3H,4H2,(H,9,10). The SMILES string of the molecule is O=[N+]([O-])N=c1[nH]ccn1Cc1cc(Br)no1. The van der Waals surface area contributed by atoms with E-state index in [1.165, 1.54) is 4.57 Å². The van der Waals surface area contributed by atoms with Crippen LogP contribution in [0.2, 0.25) is 0 Å². The Kier molecular flexibility index (Phi) is 2.86. The topological polar surface area (TPSA) is 102 Å². The third kappa shape index (κ3) is 2.37. The zero-order chi connectivity index (χ0) is 11.5. The summed E-state index contributed by atoms with van der Waals surface area (Å²) < 4.78 is 7.07. The van der Waals surface area contributed by atoms with Crippen molar-refractivity contribution in [2.45, 2.75) is 6.54 Å². The van der Waals surface area contributed by atoms with E-state index in [0.29, 0.717) is 16.9 Å². The van der Waals surface area contributed by atoms with Gasteiger partial charge in [0.25, 0.3) is 5.62 Å². The van der Waals surface area contributed by atoms with Crippen LogP contribution < -0.4 is 5.62 Å². The first-order valence-corrected chi connectivity index (χ1v) is 4.98. The number of imidazole rings is 1. The van der Waals surface area contributed by atoms with Crippen LogP contribution in [0.5, 0.6) is 0 Å². The number of hydrogen-bond acceptors (Lipinski definition) is 4. The molecule has 1 N–H and O–H groups in total. The molecule has 0 aliphatic rings. The highest BCUT2D eigenvalue weighted by molar-refractivity contribution is 9.10. The lowest BCUT2D eigenvalue weighted by molar-refractivity contribution is -0.491. The quantitative estimate of drug-likeness (QED) is 0.663. The third-order valence-corrected chi connectivity index (χ3v) is 2.15. The van der Waals surface area contributed by atoms with E-state index >= 15 is 0 Å². The van der Waals surface area contributed by atoms with Crippen LogP contribution >= 0.6 is 15.9 Å². The monoisotopic (exact) mass is 287 g/mol. The van der Waals surface area contributed by atoms with Crippen LogP contribution in [0.3, 0.4) is 0 Å². The molecule has 2 heterocycles. The van der Waals surface area contributed by atoms with Gasteiger partial charge in [-0.2, -0.15) is 0 Å². The molecule has 0 saturated carbocycles. The van der Waals surface area contributed by atoms with Gasteiger partial charge in [-0.1, -0.05) is 5.16 Å². The van der Waals surface area contributed by atoms with Gasteiger partial charge in [0.1, 0.15) is 9.70 Å². The predicted molar refractivity (Wildman–Crippen MR) is 54.6 cm³/mol. The number of nitro groups is 1. The predicted octanol–water partition coefficient (Wildman–Crippen LogP) is 0.707. The summed E-state index contributed by atoms with van der Waals surface area (Å²) in [7, 11) is 0. The molecule has 0 aliphatic carbocycles. The second-order valence-electron chi connectivity index (χ2n) is 2.87. The van der Waals surface area contributed by atoms with Crippen molar-refractivity contribution in [2.24, 2.45) is 5.10 Å². The molecular formula is C7H6BrN5O3. The highest BCUT2D eigenvalue weighted by Gasteiger charge is 2.05. The van der Waals surface area contributed by atoms with Crippen molar-refractivity contribution in [3.05, 3.63) is 44.6 Å². The number of halogens is 1. The average molecular weight is 288 g/mol. The lowest BCUT2D eigenvalue weighted by Crippen LogP contribution is -2.20. The van der Waals surface area contributed by atoms with Gasteiger partial charge in [-0.05, 0) is 15.9 Å². The normalized spacial score (nSPS) is 11.9. The molecule has 0 fully saturated rings. The molecule has 0 spiro atoms. The molecule has 0 saturated heterocycles. The van der Waals surface area contributed by atoms with Crippen molar-refractivity contribution >= 4 is 15.9 Å². The zero-order valence-electron chi connectivity index (χ0n) is 7.83. The molecule has 0 aromatic carbocycles. The van der Waals surface area contributed by atoms with E-state index in [1.54, 1.807) is 18.5 Å². The van der Waals surface area contributed by atoms with Gasteiger partial charge in [-0.3, -0.25) is 0 Å². The van der Waals surface area contributed by atoms with Gasteiger partial charge >= 0.3 is 0 Å². The van der Waals surface area contributed by atoms with Gasteiger partial charge < -0.3 is 14.1 Å². The summed E-state index contributed by atoms with van der Waals surface area (Å²) in [5.41, 5.74) is 0.137. The van der Waals surface area contributed by atoms with E-state index in [4.69, 9.17) is 4.52 Å². The Balaban J connectivity index is 2.29. The van der Waals surface area contributed by atoms with Crippen LogP contribution in [0.1, 0.15) is 5.76 Å². The maximum Gasteiger partial charge on any atom is 0.279 e. The Morgan fingerprint density at radius 2 is 2.56 bits per heavy atom. The summed E-state index contributed by atoms with van der Waals surface area (Å²) in [6.45, 7) is 0.314. The summed E-state index contributed by atoms with van der Waals surface area (Å²) in [5, 5.41) is 16.3. The minimum atomic E-state index is -0.765. The van der Waals surface area contributed by atoms with Gasteiger partial charge in [0.15, 0.2) is 10.8 Å². The Bertz CT molecular complexity index is 568. The first-order chi connectivity index (χ1) is 7.65. The van der Waals surface area contributed by atoms with E-state index < -0.39 is 5.03 Å². The molecule has 2 aromatic heterocycles. The van der Waals surface area contributed by atoms with Gasteiger partial charge in [0, 0.05) is 18.5 Å². The van der Waals surface area contributed by atoms with Gasteiger partial charge in [-0.15, -0.1) is 0 Å². The second-order valence-corrected chi connectivity index (χ2v) is 3.68. The number of H-pyrrole nitrogens is 1. The number of nitrogens with one attached hydrogen (secondary N) is 1. The molecule has 0 bridgehead atoms. The lowest BCUT2D eigenvalue weighted by atomic mass is 10.4.